The number of rotatable bonds is 2. The molecule has 3 aliphatic rings. The van der Waals surface area contributed by atoms with Crippen molar-refractivity contribution in [3.63, 3.8) is 0 Å². The Bertz CT molecular complexity index is 519. The molecule has 0 aromatic heterocycles. The van der Waals surface area contributed by atoms with Crippen molar-refractivity contribution >= 4 is 18.0 Å². The Hall–Kier alpha value is -0.790. The first kappa shape index (κ1) is 16.1. The number of hydrogen-bond donors (Lipinski definition) is 0. The van der Waals surface area contributed by atoms with E-state index in [1.165, 1.54) is 69.9 Å². The van der Waals surface area contributed by atoms with Crippen molar-refractivity contribution < 1.29 is 0 Å². The number of piperidine rings is 1. The minimum absolute atomic E-state index is 0. The van der Waals surface area contributed by atoms with Gasteiger partial charge in [-0.15, -0.1) is 12.4 Å². The predicted molar refractivity (Wildman–Crippen MR) is 96.5 cm³/mol. The van der Waals surface area contributed by atoms with Crippen LogP contribution in [0.4, 0.5) is 0 Å². The topological polar surface area (TPSA) is 3.24 Å². The third-order valence-corrected chi connectivity index (χ3v) is 5.80. The minimum Gasteiger partial charge on any atom is -0.293 e. The molecule has 0 spiro atoms. The molecular formula is C20H28ClN. The minimum atomic E-state index is 0. The van der Waals surface area contributed by atoms with E-state index in [0.717, 1.165) is 6.04 Å². The van der Waals surface area contributed by atoms with Crippen LogP contribution in [0.1, 0.15) is 75.0 Å². The second kappa shape index (κ2) is 7.19. The van der Waals surface area contributed by atoms with E-state index < -0.39 is 0 Å². The maximum absolute atomic E-state index is 2.79. The lowest BCUT2D eigenvalue weighted by Gasteiger charge is -2.34. The van der Waals surface area contributed by atoms with Gasteiger partial charge in [-0.1, -0.05) is 36.8 Å². The van der Waals surface area contributed by atoms with Crippen LogP contribution in [0.2, 0.25) is 0 Å². The van der Waals surface area contributed by atoms with E-state index in [2.05, 4.69) is 35.2 Å². The summed E-state index contributed by atoms with van der Waals surface area (Å²) in [5.41, 5.74) is 4.60. The summed E-state index contributed by atoms with van der Waals surface area (Å²) in [7, 11) is 0. The zero-order valence-corrected chi connectivity index (χ0v) is 14.3. The summed E-state index contributed by atoms with van der Waals surface area (Å²) in [6.45, 7) is 1.32. The SMILES string of the molecule is C1=C(c2ccc([C@H]3CC[C@H]4CCCCN43)cc2)CCCC1.Cl. The molecule has 2 saturated heterocycles. The van der Waals surface area contributed by atoms with Gasteiger partial charge in [0.15, 0.2) is 0 Å². The van der Waals surface area contributed by atoms with Crippen LogP contribution < -0.4 is 0 Å². The fraction of sp³-hybridized carbons (Fsp3) is 0.600. The average Bonchev–Trinajstić information content (AvgIpc) is 3.00. The molecule has 0 radical (unpaired) electrons. The lowest BCUT2D eigenvalue weighted by Crippen LogP contribution is -2.35. The van der Waals surface area contributed by atoms with E-state index in [9.17, 15) is 0 Å². The van der Waals surface area contributed by atoms with Gasteiger partial charge >= 0.3 is 0 Å². The largest absolute Gasteiger partial charge is 0.293 e. The lowest BCUT2D eigenvalue weighted by molar-refractivity contribution is 0.150. The molecule has 4 rings (SSSR count). The summed E-state index contributed by atoms with van der Waals surface area (Å²) < 4.78 is 0. The van der Waals surface area contributed by atoms with Crippen LogP contribution in [0, 0.1) is 0 Å². The van der Waals surface area contributed by atoms with Crippen molar-refractivity contribution in [3.05, 3.63) is 41.5 Å². The van der Waals surface area contributed by atoms with Gasteiger partial charge in [0.25, 0.3) is 0 Å². The number of halogens is 1. The van der Waals surface area contributed by atoms with E-state index in [1.54, 1.807) is 11.1 Å². The van der Waals surface area contributed by atoms with Crippen molar-refractivity contribution in [3.8, 4) is 0 Å². The summed E-state index contributed by atoms with van der Waals surface area (Å²) in [6.07, 6.45) is 14.8. The highest BCUT2D eigenvalue weighted by Gasteiger charge is 2.35. The van der Waals surface area contributed by atoms with E-state index in [0.29, 0.717) is 6.04 Å². The second-order valence-corrected chi connectivity index (χ2v) is 7.08. The Labute approximate surface area is 141 Å². The molecule has 2 heteroatoms. The normalized spacial score (nSPS) is 28.6. The molecule has 2 fully saturated rings. The standard InChI is InChI=1S/C20H27N.ClH/c1-2-6-16(7-3-1)17-9-11-18(12-10-17)20-14-13-19-8-4-5-15-21(19)20;/h6,9-12,19-20H,1-5,7-8,13-15H2;1H/t19-,20-;/m1./s1. The molecular weight excluding hydrogens is 290 g/mol. The Balaban J connectivity index is 0.00000144. The summed E-state index contributed by atoms with van der Waals surface area (Å²) in [5.74, 6) is 0. The lowest BCUT2D eigenvalue weighted by atomic mass is 9.92. The number of hydrogen-bond acceptors (Lipinski definition) is 1. The fourth-order valence-electron chi connectivity index (χ4n) is 4.64. The van der Waals surface area contributed by atoms with Crippen LogP contribution >= 0.6 is 12.4 Å². The third kappa shape index (κ3) is 3.12. The van der Waals surface area contributed by atoms with Gasteiger partial charge in [-0.3, -0.25) is 4.90 Å². The Morgan fingerprint density at radius 2 is 1.73 bits per heavy atom. The van der Waals surface area contributed by atoms with Crippen molar-refractivity contribution in [1.82, 2.24) is 4.90 Å². The Morgan fingerprint density at radius 3 is 2.50 bits per heavy atom. The first-order chi connectivity index (χ1) is 10.4. The highest BCUT2D eigenvalue weighted by atomic mass is 35.5. The van der Waals surface area contributed by atoms with Gasteiger partial charge in [-0.05, 0) is 74.6 Å². The highest BCUT2D eigenvalue weighted by Crippen LogP contribution is 2.40. The second-order valence-electron chi connectivity index (χ2n) is 7.08. The van der Waals surface area contributed by atoms with Crippen molar-refractivity contribution in [1.29, 1.82) is 0 Å². The Kier molecular flexibility index (Phi) is 5.25. The molecule has 0 unspecified atom stereocenters. The van der Waals surface area contributed by atoms with Gasteiger partial charge in [-0.25, -0.2) is 0 Å². The van der Waals surface area contributed by atoms with Gasteiger partial charge in [0.1, 0.15) is 0 Å². The maximum atomic E-state index is 2.79. The molecule has 120 valence electrons. The number of nitrogens with zero attached hydrogens (tertiary/aromatic N) is 1. The van der Waals surface area contributed by atoms with E-state index in [-0.39, 0.29) is 12.4 Å². The average molecular weight is 318 g/mol. The zero-order chi connectivity index (χ0) is 14.1. The monoisotopic (exact) mass is 317 g/mol. The van der Waals surface area contributed by atoms with Crippen LogP contribution in [0.3, 0.4) is 0 Å². The van der Waals surface area contributed by atoms with Gasteiger partial charge in [0.2, 0.25) is 0 Å². The number of allylic oxidation sites excluding steroid dienone is 2. The van der Waals surface area contributed by atoms with Crippen LogP contribution in [0.15, 0.2) is 30.3 Å². The van der Waals surface area contributed by atoms with Gasteiger partial charge in [0.05, 0.1) is 0 Å². The first-order valence-electron chi connectivity index (χ1n) is 8.97. The predicted octanol–water partition coefficient (Wildman–Crippen LogP) is 5.76. The fourth-order valence-corrected chi connectivity index (χ4v) is 4.64. The molecule has 0 bridgehead atoms. The molecule has 1 aromatic carbocycles. The molecule has 2 heterocycles. The van der Waals surface area contributed by atoms with E-state index in [4.69, 9.17) is 0 Å². The van der Waals surface area contributed by atoms with E-state index in [1.807, 2.05) is 0 Å². The highest BCUT2D eigenvalue weighted by molar-refractivity contribution is 5.85. The first-order valence-corrected chi connectivity index (χ1v) is 8.97. The van der Waals surface area contributed by atoms with Gasteiger partial charge in [0, 0.05) is 12.1 Å². The maximum Gasteiger partial charge on any atom is 0.0351 e. The van der Waals surface area contributed by atoms with Crippen LogP contribution in [0.5, 0.6) is 0 Å². The third-order valence-electron chi connectivity index (χ3n) is 5.80. The van der Waals surface area contributed by atoms with Crippen LogP contribution in [-0.4, -0.2) is 17.5 Å². The molecule has 0 saturated carbocycles. The molecule has 1 nitrogen and oxygen atoms in total. The molecule has 0 N–H and O–H groups in total. The summed E-state index contributed by atoms with van der Waals surface area (Å²) >= 11 is 0. The van der Waals surface area contributed by atoms with Gasteiger partial charge in [-0.2, -0.15) is 0 Å². The van der Waals surface area contributed by atoms with Crippen LogP contribution in [-0.2, 0) is 0 Å². The molecule has 2 aliphatic heterocycles. The summed E-state index contributed by atoms with van der Waals surface area (Å²) in [6, 6.07) is 11.2. The smallest absolute Gasteiger partial charge is 0.0351 e. The molecule has 1 aromatic rings. The van der Waals surface area contributed by atoms with E-state index >= 15 is 0 Å². The summed E-state index contributed by atoms with van der Waals surface area (Å²) in [5, 5.41) is 0. The quantitative estimate of drug-likeness (QED) is 0.670. The zero-order valence-electron chi connectivity index (χ0n) is 13.5. The van der Waals surface area contributed by atoms with Crippen molar-refractivity contribution in [2.45, 2.75) is 69.9 Å². The molecule has 22 heavy (non-hydrogen) atoms. The Morgan fingerprint density at radius 1 is 0.864 bits per heavy atom. The summed E-state index contributed by atoms with van der Waals surface area (Å²) in [4.78, 5) is 2.79. The molecule has 0 amide bonds. The van der Waals surface area contributed by atoms with Crippen molar-refractivity contribution in [2.75, 3.05) is 6.54 Å². The number of benzene rings is 1. The molecule has 2 atom stereocenters. The van der Waals surface area contributed by atoms with Crippen molar-refractivity contribution in [2.24, 2.45) is 0 Å². The van der Waals surface area contributed by atoms with Gasteiger partial charge < -0.3 is 0 Å². The number of fused-ring (bicyclic) bond motifs is 1. The van der Waals surface area contributed by atoms with Crippen LogP contribution in [0.25, 0.3) is 5.57 Å². The molecule has 1 aliphatic carbocycles.